The minimum atomic E-state index is -0.453. The number of amides is 1. The Morgan fingerprint density at radius 1 is 1.43 bits per heavy atom. The summed E-state index contributed by atoms with van der Waals surface area (Å²) in [6, 6.07) is 7.46. The minimum absolute atomic E-state index is 0.217. The van der Waals surface area contributed by atoms with Crippen LogP contribution in [0.15, 0.2) is 44.6 Å². The van der Waals surface area contributed by atoms with Crippen LogP contribution in [0.1, 0.15) is 21.8 Å². The van der Waals surface area contributed by atoms with Crippen molar-refractivity contribution in [2.24, 2.45) is 5.84 Å². The number of furan rings is 1. The summed E-state index contributed by atoms with van der Waals surface area (Å²) in [7, 11) is 0. The molecule has 0 saturated heterocycles. The Bertz CT molecular complexity index is 794. The third kappa shape index (κ3) is 2.65. The number of thioether (sulfide) groups is 1. The van der Waals surface area contributed by atoms with Crippen molar-refractivity contribution >= 4 is 28.6 Å². The lowest BCUT2D eigenvalue weighted by molar-refractivity contribution is 0.0927. The van der Waals surface area contributed by atoms with Crippen LogP contribution in [0, 0.1) is 6.92 Å². The van der Waals surface area contributed by atoms with E-state index in [0.29, 0.717) is 16.6 Å². The Balaban J connectivity index is 1.96. The van der Waals surface area contributed by atoms with Crippen molar-refractivity contribution in [1.82, 2.24) is 10.4 Å². The SMILES string of the molecule is Cc1coc(SCc2c(C(=O)NN)oc3ccccc23)n1. The monoisotopic (exact) mass is 303 g/mol. The number of carbonyl (C=O) groups excluding carboxylic acids is 1. The van der Waals surface area contributed by atoms with E-state index in [-0.39, 0.29) is 5.76 Å². The van der Waals surface area contributed by atoms with Gasteiger partial charge >= 0.3 is 5.91 Å². The fourth-order valence-corrected chi connectivity index (χ4v) is 2.90. The molecule has 2 heterocycles. The van der Waals surface area contributed by atoms with Crippen molar-refractivity contribution in [3.63, 3.8) is 0 Å². The molecule has 3 rings (SSSR count). The van der Waals surface area contributed by atoms with Gasteiger partial charge in [-0.05, 0) is 13.0 Å². The standard InChI is InChI=1S/C14H13N3O3S/c1-8-6-19-14(16-8)21-7-10-9-4-2-3-5-11(9)20-12(10)13(18)17-15/h2-6H,7,15H2,1H3,(H,17,18). The third-order valence-electron chi connectivity index (χ3n) is 2.97. The van der Waals surface area contributed by atoms with Crippen molar-refractivity contribution in [3.8, 4) is 0 Å². The van der Waals surface area contributed by atoms with Crippen molar-refractivity contribution in [2.45, 2.75) is 17.9 Å². The highest BCUT2D eigenvalue weighted by Crippen LogP contribution is 2.31. The van der Waals surface area contributed by atoms with Crippen LogP contribution >= 0.6 is 11.8 Å². The van der Waals surface area contributed by atoms with Crippen LogP contribution < -0.4 is 11.3 Å². The minimum Gasteiger partial charge on any atom is -0.451 e. The summed E-state index contributed by atoms with van der Waals surface area (Å²) in [6.07, 6.45) is 1.59. The molecule has 0 radical (unpaired) electrons. The number of hydrazine groups is 1. The molecule has 0 fully saturated rings. The van der Waals surface area contributed by atoms with Crippen LogP contribution in [0.25, 0.3) is 11.0 Å². The molecule has 0 aliphatic rings. The highest BCUT2D eigenvalue weighted by molar-refractivity contribution is 7.98. The van der Waals surface area contributed by atoms with E-state index in [9.17, 15) is 4.79 Å². The molecule has 0 aliphatic carbocycles. The van der Waals surface area contributed by atoms with Crippen LogP contribution in [0.3, 0.4) is 0 Å². The second-order valence-corrected chi connectivity index (χ2v) is 5.35. The lowest BCUT2D eigenvalue weighted by Crippen LogP contribution is -2.30. The smallest absolute Gasteiger partial charge is 0.301 e. The van der Waals surface area contributed by atoms with Crippen LogP contribution in [0.5, 0.6) is 0 Å². The normalized spacial score (nSPS) is 11.0. The van der Waals surface area contributed by atoms with Gasteiger partial charge in [0.1, 0.15) is 11.8 Å². The summed E-state index contributed by atoms with van der Waals surface area (Å²) in [6.45, 7) is 1.86. The Kier molecular flexibility index (Phi) is 3.68. The number of benzene rings is 1. The molecule has 0 bridgehead atoms. The lowest BCUT2D eigenvalue weighted by atomic mass is 10.1. The van der Waals surface area contributed by atoms with Crippen LogP contribution in [-0.2, 0) is 5.75 Å². The van der Waals surface area contributed by atoms with E-state index in [2.05, 4.69) is 10.4 Å². The van der Waals surface area contributed by atoms with Gasteiger partial charge in [-0.15, -0.1) is 0 Å². The predicted molar refractivity (Wildman–Crippen MR) is 78.7 cm³/mol. The van der Waals surface area contributed by atoms with Crippen LogP contribution in [0.2, 0.25) is 0 Å². The number of aryl methyl sites for hydroxylation is 1. The quantitative estimate of drug-likeness (QED) is 0.333. The zero-order valence-electron chi connectivity index (χ0n) is 11.3. The Morgan fingerprint density at radius 3 is 2.95 bits per heavy atom. The Hall–Kier alpha value is -2.25. The van der Waals surface area contributed by atoms with Gasteiger partial charge in [-0.2, -0.15) is 0 Å². The molecule has 2 aromatic heterocycles. The number of nitrogens with zero attached hydrogens (tertiary/aromatic N) is 1. The molecule has 3 aromatic rings. The number of nitrogens with two attached hydrogens (primary N) is 1. The number of para-hydroxylation sites is 1. The van der Waals surface area contributed by atoms with Gasteiger partial charge in [0.2, 0.25) is 0 Å². The van der Waals surface area contributed by atoms with Crippen molar-refractivity contribution in [1.29, 1.82) is 0 Å². The molecular weight excluding hydrogens is 290 g/mol. The van der Waals surface area contributed by atoms with Crippen molar-refractivity contribution < 1.29 is 13.6 Å². The molecule has 7 heteroatoms. The molecule has 0 saturated carbocycles. The fourth-order valence-electron chi connectivity index (χ4n) is 2.02. The molecule has 0 atom stereocenters. The summed E-state index contributed by atoms with van der Waals surface area (Å²) in [5, 5.41) is 1.43. The fraction of sp³-hybridized carbons (Fsp3) is 0.143. The molecule has 21 heavy (non-hydrogen) atoms. The number of aromatic nitrogens is 1. The van der Waals surface area contributed by atoms with E-state index in [4.69, 9.17) is 14.7 Å². The molecule has 1 amide bonds. The summed E-state index contributed by atoms with van der Waals surface area (Å²) in [5.41, 5.74) is 4.34. The Labute approximate surface area is 124 Å². The second-order valence-electron chi connectivity index (χ2n) is 4.42. The number of carbonyl (C=O) groups is 1. The van der Waals surface area contributed by atoms with E-state index in [1.54, 1.807) is 6.26 Å². The summed E-state index contributed by atoms with van der Waals surface area (Å²) in [5.74, 6) is 5.47. The maximum atomic E-state index is 11.8. The van der Waals surface area contributed by atoms with E-state index in [1.165, 1.54) is 11.8 Å². The number of hydrogen-bond acceptors (Lipinski definition) is 6. The number of hydrogen-bond donors (Lipinski definition) is 2. The van der Waals surface area contributed by atoms with Gasteiger partial charge in [-0.25, -0.2) is 10.8 Å². The number of rotatable bonds is 4. The van der Waals surface area contributed by atoms with Gasteiger partial charge in [-0.1, -0.05) is 30.0 Å². The van der Waals surface area contributed by atoms with Crippen LogP contribution in [-0.4, -0.2) is 10.9 Å². The summed E-state index contributed by atoms with van der Waals surface area (Å²) in [4.78, 5) is 16.1. The first-order chi connectivity index (χ1) is 10.2. The Morgan fingerprint density at radius 2 is 2.24 bits per heavy atom. The number of nitrogens with one attached hydrogen (secondary N) is 1. The molecule has 0 spiro atoms. The molecule has 0 unspecified atom stereocenters. The highest BCUT2D eigenvalue weighted by atomic mass is 32.2. The van der Waals surface area contributed by atoms with Gasteiger partial charge in [0.15, 0.2) is 5.76 Å². The molecule has 6 nitrogen and oxygen atoms in total. The number of oxazole rings is 1. The molecule has 0 aliphatic heterocycles. The molecular formula is C14H13N3O3S. The highest BCUT2D eigenvalue weighted by Gasteiger charge is 2.20. The van der Waals surface area contributed by atoms with E-state index < -0.39 is 5.91 Å². The van der Waals surface area contributed by atoms with E-state index in [1.807, 2.05) is 31.2 Å². The molecule has 3 N–H and O–H groups in total. The van der Waals surface area contributed by atoms with Gasteiger partial charge in [-0.3, -0.25) is 10.2 Å². The lowest BCUT2D eigenvalue weighted by Gasteiger charge is -2.00. The number of fused-ring (bicyclic) bond motifs is 1. The largest absolute Gasteiger partial charge is 0.451 e. The zero-order chi connectivity index (χ0) is 14.8. The number of nitrogen functional groups attached to an aromatic ring is 1. The van der Waals surface area contributed by atoms with E-state index >= 15 is 0 Å². The average molecular weight is 303 g/mol. The maximum Gasteiger partial charge on any atom is 0.301 e. The maximum absolute atomic E-state index is 11.8. The van der Waals surface area contributed by atoms with Gasteiger partial charge in [0.05, 0.1) is 5.69 Å². The summed E-state index contributed by atoms with van der Waals surface area (Å²) >= 11 is 1.40. The zero-order valence-corrected chi connectivity index (χ0v) is 12.1. The van der Waals surface area contributed by atoms with Crippen molar-refractivity contribution in [3.05, 3.63) is 47.5 Å². The van der Waals surface area contributed by atoms with Gasteiger partial charge in [0, 0.05) is 16.7 Å². The van der Waals surface area contributed by atoms with E-state index in [0.717, 1.165) is 16.6 Å². The topological polar surface area (TPSA) is 94.3 Å². The van der Waals surface area contributed by atoms with Crippen molar-refractivity contribution in [2.75, 3.05) is 0 Å². The second kappa shape index (κ2) is 5.63. The molecule has 1 aromatic carbocycles. The first-order valence-electron chi connectivity index (χ1n) is 6.25. The van der Waals surface area contributed by atoms with Gasteiger partial charge in [0.25, 0.3) is 5.22 Å². The molecule has 108 valence electrons. The first kappa shape index (κ1) is 13.7. The van der Waals surface area contributed by atoms with Crippen LogP contribution in [0.4, 0.5) is 0 Å². The van der Waals surface area contributed by atoms with Gasteiger partial charge < -0.3 is 8.83 Å². The predicted octanol–water partition coefficient (Wildman–Crippen LogP) is 2.63. The first-order valence-corrected chi connectivity index (χ1v) is 7.24. The summed E-state index contributed by atoms with van der Waals surface area (Å²) < 4.78 is 10.9. The average Bonchev–Trinajstić information content (AvgIpc) is 3.07. The third-order valence-corrected chi connectivity index (χ3v) is 3.84.